The van der Waals surface area contributed by atoms with Gasteiger partial charge in [-0.05, 0) is 6.42 Å². The summed E-state index contributed by atoms with van der Waals surface area (Å²) in [4.78, 5) is 22.4. The topological polar surface area (TPSA) is 125 Å². The van der Waals surface area contributed by atoms with E-state index in [0.29, 0.717) is 18.6 Å². The van der Waals surface area contributed by atoms with E-state index in [1.165, 1.54) is 6.20 Å². The van der Waals surface area contributed by atoms with Crippen molar-refractivity contribution in [1.29, 1.82) is 0 Å². The molecule has 0 aromatic carbocycles. The van der Waals surface area contributed by atoms with Gasteiger partial charge in [0, 0.05) is 6.07 Å². The summed E-state index contributed by atoms with van der Waals surface area (Å²) < 4.78 is 4.80. The van der Waals surface area contributed by atoms with Crippen LogP contribution in [-0.2, 0) is 11.3 Å². The molecular weight excluding hydrogens is 266 g/mol. The van der Waals surface area contributed by atoms with Gasteiger partial charge in [-0.15, -0.1) is 0 Å². The number of amides is 2. The highest BCUT2D eigenvalue weighted by Gasteiger charge is 2.27. The van der Waals surface area contributed by atoms with E-state index in [0.717, 1.165) is 6.42 Å². The van der Waals surface area contributed by atoms with Gasteiger partial charge in [-0.25, -0.2) is 4.79 Å². The first-order valence-electron chi connectivity index (χ1n) is 6.39. The van der Waals surface area contributed by atoms with Crippen LogP contribution >= 0.6 is 0 Å². The van der Waals surface area contributed by atoms with Gasteiger partial charge in [-0.3, -0.25) is 4.79 Å². The lowest BCUT2D eigenvalue weighted by Gasteiger charge is -2.21. The molecule has 8 nitrogen and oxygen atoms in total. The zero-order valence-corrected chi connectivity index (χ0v) is 11.2. The first kappa shape index (κ1) is 16.0. The van der Waals surface area contributed by atoms with Gasteiger partial charge in [-0.1, -0.05) is 24.9 Å². The molecular formula is C12H19N3O5. The molecule has 112 valence electrons. The van der Waals surface area contributed by atoms with Crippen LogP contribution in [0, 0.1) is 0 Å². The number of unbranched alkanes of at least 4 members (excludes halogenated alkanes) is 1. The number of rotatable bonds is 8. The number of hydrogen-bond acceptors (Lipinski definition) is 5. The lowest BCUT2D eigenvalue weighted by atomic mass is 10.0. The van der Waals surface area contributed by atoms with Crippen molar-refractivity contribution in [3.05, 3.63) is 18.0 Å². The Labute approximate surface area is 116 Å². The van der Waals surface area contributed by atoms with Crippen LogP contribution in [0.2, 0.25) is 0 Å². The van der Waals surface area contributed by atoms with Crippen molar-refractivity contribution in [2.75, 3.05) is 0 Å². The van der Waals surface area contributed by atoms with E-state index in [1.807, 2.05) is 6.92 Å². The number of aliphatic hydroxyl groups is 1. The third-order valence-corrected chi connectivity index (χ3v) is 2.76. The van der Waals surface area contributed by atoms with Crippen molar-refractivity contribution in [2.24, 2.45) is 0 Å². The molecule has 0 unspecified atom stereocenters. The second kappa shape index (κ2) is 8.16. The summed E-state index contributed by atoms with van der Waals surface area (Å²) in [5.74, 6) is -0.210. The molecule has 0 bridgehead atoms. The first-order chi connectivity index (χ1) is 9.54. The molecule has 1 aromatic heterocycles. The standard InChI is InChI=1S/C12H19N3O5/c1-2-3-4-9(15-12(18)19)10(16)11(17)13-7-8-5-6-14-20-8/h5-6,9-10,15-16H,2-4,7H2,1H3,(H,13,17)(H,18,19)/t9-,10-/m0/s1. The number of nitrogens with zero attached hydrogens (tertiary/aromatic N) is 1. The Morgan fingerprint density at radius 1 is 1.50 bits per heavy atom. The maximum absolute atomic E-state index is 11.8. The van der Waals surface area contributed by atoms with Gasteiger partial charge in [0.25, 0.3) is 5.91 Å². The molecule has 2 atom stereocenters. The Balaban J connectivity index is 2.50. The molecule has 0 aliphatic carbocycles. The van der Waals surface area contributed by atoms with Crippen molar-refractivity contribution in [3.8, 4) is 0 Å². The van der Waals surface area contributed by atoms with Crippen molar-refractivity contribution in [3.63, 3.8) is 0 Å². The van der Waals surface area contributed by atoms with Gasteiger partial charge in [0.2, 0.25) is 0 Å². The number of carbonyl (C=O) groups excluding carboxylic acids is 1. The van der Waals surface area contributed by atoms with E-state index in [1.54, 1.807) is 6.07 Å². The normalized spacial score (nSPS) is 13.5. The van der Waals surface area contributed by atoms with E-state index >= 15 is 0 Å². The van der Waals surface area contributed by atoms with Crippen LogP contribution in [0.4, 0.5) is 4.79 Å². The maximum Gasteiger partial charge on any atom is 0.404 e. The Hall–Kier alpha value is -2.09. The minimum atomic E-state index is -1.44. The molecule has 0 spiro atoms. The van der Waals surface area contributed by atoms with Gasteiger partial charge in [0.1, 0.15) is 0 Å². The van der Waals surface area contributed by atoms with Crippen LogP contribution < -0.4 is 10.6 Å². The zero-order valence-electron chi connectivity index (χ0n) is 11.2. The summed E-state index contributed by atoms with van der Waals surface area (Å²) in [6, 6.07) is 0.749. The predicted octanol–water partition coefficient (Wildman–Crippen LogP) is 0.478. The number of hydrogen-bond donors (Lipinski definition) is 4. The molecule has 1 aromatic rings. The second-order valence-corrected chi connectivity index (χ2v) is 4.34. The lowest BCUT2D eigenvalue weighted by Crippen LogP contribution is -2.50. The highest BCUT2D eigenvalue weighted by atomic mass is 16.5. The Kier molecular flexibility index (Phi) is 6.51. The molecule has 1 heterocycles. The van der Waals surface area contributed by atoms with E-state index in [9.17, 15) is 14.7 Å². The number of nitrogens with one attached hydrogen (secondary N) is 2. The summed E-state index contributed by atoms with van der Waals surface area (Å²) in [6.45, 7) is 2.03. The molecule has 2 amide bonds. The molecule has 0 radical (unpaired) electrons. The molecule has 0 fully saturated rings. The zero-order chi connectivity index (χ0) is 15.0. The quantitative estimate of drug-likeness (QED) is 0.550. The Morgan fingerprint density at radius 3 is 2.80 bits per heavy atom. The van der Waals surface area contributed by atoms with Crippen LogP contribution in [0.1, 0.15) is 31.9 Å². The molecule has 1 rings (SSSR count). The molecule has 0 aliphatic rings. The van der Waals surface area contributed by atoms with Gasteiger partial charge in [-0.2, -0.15) is 0 Å². The predicted molar refractivity (Wildman–Crippen MR) is 68.8 cm³/mol. The molecule has 8 heteroatoms. The third kappa shape index (κ3) is 5.27. The number of carbonyl (C=O) groups is 2. The van der Waals surface area contributed by atoms with Crippen LogP contribution in [-0.4, -0.2) is 39.5 Å². The largest absolute Gasteiger partial charge is 0.465 e. The highest BCUT2D eigenvalue weighted by Crippen LogP contribution is 2.06. The van der Waals surface area contributed by atoms with Gasteiger partial charge in [0.15, 0.2) is 11.9 Å². The number of aliphatic hydroxyl groups excluding tert-OH is 1. The lowest BCUT2D eigenvalue weighted by molar-refractivity contribution is -0.131. The molecule has 0 aliphatic heterocycles. The second-order valence-electron chi connectivity index (χ2n) is 4.34. The molecule has 0 saturated heterocycles. The number of carboxylic acid groups (broad SMARTS) is 1. The summed E-state index contributed by atoms with van der Waals surface area (Å²) in [6.07, 6.45) is 0.656. The van der Waals surface area contributed by atoms with Crippen molar-refractivity contribution < 1.29 is 24.3 Å². The van der Waals surface area contributed by atoms with Crippen LogP contribution in [0.25, 0.3) is 0 Å². The minimum Gasteiger partial charge on any atom is -0.465 e. The average molecular weight is 285 g/mol. The van der Waals surface area contributed by atoms with Crippen LogP contribution in [0.15, 0.2) is 16.8 Å². The van der Waals surface area contributed by atoms with Crippen LogP contribution in [0.3, 0.4) is 0 Å². The fraction of sp³-hybridized carbons (Fsp3) is 0.583. The molecule has 20 heavy (non-hydrogen) atoms. The summed E-state index contributed by atoms with van der Waals surface area (Å²) in [5, 5.41) is 26.7. The summed E-state index contributed by atoms with van der Waals surface area (Å²) >= 11 is 0. The van der Waals surface area contributed by atoms with Crippen molar-refractivity contribution in [2.45, 2.75) is 44.9 Å². The fourth-order valence-corrected chi connectivity index (χ4v) is 1.69. The fourth-order valence-electron chi connectivity index (χ4n) is 1.69. The van der Waals surface area contributed by atoms with E-state index < -0.39 is 24.1 Å². The Morgan fingerprint density at radius 2 is 2.25 bits per heavy atom. The monoisotopic (exact) mass is 285 g/mol. The van der Waals surface area contributed by atoms with Gasteiger partial charge >= 0.3 is 6.09 Å². The SMILES string of the molecule is CCCC[C@H](NC(=O)O)[C@H](O)C(=O)NCc1ccno1. The van der Waals surface area contributed by atoms with Gasteiger partial charge < -0.3 is 25.4 Å². The molecule has 0 saturated carbocycles. The van der Waals surface area contributed by atoms with Crippen LogP contribution in [0.5, 0.6) is 0 Å². The van der Waals surface area contributed by atoms with Gasteiger partial charge in [0.05, 0.1) is 18.8 Å². The minimum absolute atomic E-state index is 0.0868. The first-order valence-corrected chi connectivity index (χ1v) is 6.39. The van der Waals surface area contributed by atoms with E-state index in [2.05, 4.69) is 15.8 Å². The molecule has 4 N–H and O–H groups in total. The number of aromatic nitrogens is 1. The summed E-state index contributed by atoms with van der Waals surface area (Å²) in [7, 11) is 0. The summed E-state index contributed by atoms with van der Waals surface area (Å²) in [5.41, 5.74) is 0. The average Bonchev–Trinajstić information content (AvgIpc) is 2.92. The van der Waals surface area contributed by atoms with Crippen molar-refractivity contribution >= 4 is 12.0 Å². The van der Waals surface area contributed by atoms with Crippen molar-refractivity contribution in [1.82, 2.24) is 15.8 Å². The smallest absolute Gasteiger partial charge is 0.404 e. The Bertz CT molecular complexity index is 421. The third-order valence-electron chi connectivity index (χ3n) is 2.76. The van der Waals surface area contributed by atoms with E-state index in [4.69, 9.17) is 9.63 Å². The van der Waals surface area contributed by atoms with E-state index in [-0.39, 0.29) is 6.54 Å². The maximum atomic E-state index is 11.8. The highest BCUT2D eigenvalue weighted by molar-refractivity contribution is 5.82.